The van der Waals surface area contributed by atoms with Crippen molar-refractivity contribution in [2.24, 2.45) is 11.7 Å². The van der Waals surface area contributed by atoms with E-state index in [1.54, 1.807) is 0 Å². The third-order valence-electron chi connectivity index (χ3n) is 3.70. The van der Waals surface area contributed by atoms with Crippen LogP contribution in [-0.4, -0.2) is 26.5 Å². The minimum Gasteiger partial charge on any atom is -0.378 e. The summed E-state index contributed by atoms with van der Waals surface area (Å²) in [5.41, 5.74) is 7.57. The molecule has 0 bridgehead atoms. The summed E-state index contributed by atoms with van der Waals surface area (Å²) in [5, 5.41) is 2.98. The summed E-state index contributed by atoms with van der Waals surface area (Å²) in [4.78, 5) is 14.1. The minimum atomic E-state index is 0.0871. The first-order valence-electron chi connectivity index (χ1n) is 7.84. The third kappa shape index (κ3) is 6.63. The smallest absolute Gasteiger partial charge is 0.224 e. The average molecular weight is 291 g/mol. The maximum absolute atomic E-state index is 12.1. The zero-order valence-electron chi connectivity index (χ0n) is 13.6. The molecule has 1 amide bonds. The van der Waals surface area contributed by atoms with Crippen LogP contribution in [-0.2, 0) is 4.79 Å². The molecule has 0 radical (unpaired) electrons. The molecule has 4 nitrogen and oxygen atoms in total. The largest absolute Gasteiger partial charge is 0.378 e. The molecule has 1 rings (SSSR count). The summed E-state index contributed by atoms with van der Waals surface area (Å²) in [6.07, 6.45) is 4.80. The van der Waals surface area contributed by atoms with E-state index < -0.39 is 0 Å². The van der Waals surface area contributed by atoms with Crippen molar-refractivity contribution in [3.05, 3.63) is 24.3 Å². The summed E-state index contributed by atoms with van der Waals surface area (Å²) < 4.78 is 0. The molecule has 0 saturated heterocycles. The van der Waals surface area contributed by atoms with Crippen LogP contribution in [0.15, 0.2) is 24.3 Å². The lowest BCUT2D eigenvalue weighted by molar-refractivity contribution is -0.116. The van der Waals surface area contributed by atoms with Gasteiger partial charge in [-0.05, 0) is 43.5 Å². The molecule has 0 fully saturated rings. The molecule has 21 heavy (non-hydrogen) atoms. The van der Waals surface area contributed by atoms with Gasteiger partial charge >= 0.3 is 0 Å². The molecule has 1 aromatic carbocycles. The number of benzene rings is 1. The predicted molar refractivity (Wildman–Crippen MR) is 90.7 cm³/mol. The van der Waals surface area contributed by atoms with Gasteiger partial charge in [0.1, 0.15) is 0 Å². The first-order chi connectivity index (χ1) is 10.1. The van der Waals surface area contributed by atoms with Gasteiger partial charge in [-0.3, -0.25) is 4.79 Å². The van der Waals surface area contributed by atoms with Crippen LogP contribution < -0.4 is 16.0 Å². The van der Waals surface area contributed by atoms with Crippen LogP contribution in [0.25, 0.3) is 0 Å². The maximum atomic E-state index is 12.1. The SMILES string of the molecule is CCCC(CCN)CCC(=O)Nc1cccc(N(C)C)c1. The van der Waals surface area contributed by atoms with E-state index in [9.17, 15) is 4.79 Å². The normalized spacial score (nSPS) is 12.0. The lowest BCUT2D eigenvalue weighted by Gasteiger charge is -2.16. The van der Waals surface area contributed by atoms with Crippen LogP contribution in [0, 0.1) is 5.92 Å². The van der Waals surface area contributed by atoms with Gasteiger partial charge in [0.2, 0.25) is 5.91 Å². The van der Waals surface area contributed by atoms with Crippen molar-refractivity contribution in [2.45, 2.75) is 39.0 Å². The van der Waals surface area contributed by atoms with Crippen LogP contribution in [0.2, 0.25) is 0 Å². The molecule has 118 valence electrons. The second-order valence-electron chi connectivity index (χ2n) is 5.76. The molecule has 0 aliphatic heterocycles. The molecule has 0 aliphatic rings. The molecule has 1 unspecified atom stereocenters. The summed E-state index contributed by atoms with van der Waals surface area (Å²) in [6.45, 7) is 2.88. The number of carbonyl (C=O) groups excluding carboxylic acids is 1. The molecular formula is C17H29N3O. The predicted octanol–water partition coefficient (Wildman–Crippen LogP) is 3.24. The van der Waals surface area contributed by atoms with Crippen molar-refractivity contribution in [3.63, 3.8) is 0 Å². The van der Waals surface area contributed by atoms with Gasteiger partial charge < -0.3 is 16.0 Å². The fourth-order valence-corrected chi connectivity index (χ4v) is 2.50. The Morgan fingerprint density at radius 2 is 2.05 bits per heavy atom. The van der Waals surface area contributed by atoms with E-state index in [1.165, 1.54) is 0 Å². The summed E-state index contributed by atoms with van der Waals surface area (Å²) in [5.74, 6) is 0.655. The van der Waals surface area contributed by atoms with Crippen molar-refractivity contribution in [1.29, 1.82) is 0 Å². The van der Waals surface area contributed by atoms with E-state index in [0.29, 0.717) is 18.9 Å². The zero-order chi connectivity index (χ0) is 15.7. The van der Waals surface area contributed by atoms with Crippen molar-refractivity contribution < 1.29 is 4.79 Å². The molecule has 0 aliphatic carbocycles. The number of nitrogens with two attached hydrogens (primary N) is 1. The fraction of sp³-hybridized carbons (Fsp3) is 0.588. The van der Waals surface area contributed by atoms with Crippen LogP contribution in [0.3, 0.4) is 0 Å². The highest BCUT2D eigenvalue weighted by Crippen LogP contribution is 2.20. The number of anilines is 2. The van der Waals surface area contributed by atoms with Gasteiger partial charge in [-0.1, -0.05) is 25.8 Å². The Hall–Kier alpha value is -1.55. The Morgan fingerprint density at radius 3 is 2.67 bits per heavy atom. The highest BCUT2D eigenvalue weighted by atomic mass is 16.1. The van der Waals surface area contributed by atoms with E-state index >= 15 is 0 Å². The van der Waals surface area contributed by atoms with Crippen LogP contribution in [0.1, 0.15) is 39.0 Å². The lowest BCUT2D eigenvalue weighted by atomic mass is 9.94. The number of hydrogen-bond acceptors (Lipinski definition) is 3. The molecule has 0 spiro atoms. The zero-order valence-corrected chi connectivity index (χ0v) is 13.6. The van der Waals surface area contributed by atoms with E-state index in [4.69, 9.17) is 5.73 Å². The molecule has 0 heterocycles. The van der Waals surface area contributed by atoms with Crippen LogP contribution in [0.5, 0.6) is 0 Å². The van der Waals surface area contributed by atoms with Crippen molar-refractivity contribution in [2.75, 3.05) is 30.9 Å². The molecule has 4 heteroatoms. The minimum absolute atomic E-state index is 0.0871. The summed E-state index contributed by atoms with van der Waals surface area (Å²) in [7, 11) is 3.98. The van der Waals surface area contributed by atoms with Gasteiger partial charge in [0, 0.05) is 31.9 Å². The standard InChI is InChI=1S/C17H29N3O/c1-4-6-14(11-12-18)9-10-17(21)19-15-7-5-8-16(13-15)20(2)3/h5,7-8,13-14H,4,6,9-12,18H2,1-3H3,(H,19,21). The topological polar surface area (TPSA) is 58.4 Å². The van der Waals surface area contributed by atoms with Crippen LogP contribution in [0.4, 0.5) is 11.4 Å². The van der Waals surface area contributed by atoms with Gasteiger partial charge in [-0.15, -0.1) is 0 Å². The van der Waals surface area contributed by atoms with Gasteiger partial charge in [0.15, 0.2) is 0 Å². The first kappa shape index (κ1) is 17.5. The highest BCUT2D eigenvalue weighted by molar-refractivity contribution is 5.91. The van der Waals surface area contributed by atoms with Crippen molar-refractivity contribution >= 4 is 17.3 Å². The summed E-state index contributed by atoms with van der Waals surface area (Å²) in [6, 6.07) is 7.89. The molecule has 0 saturated carbocycles. The Morgan fingerprint density at radius 1 is 1.29 bits per heavy atom. The Kier molecular flexibility index (Phi) is 7.83. The number of amides is 1. The van der Waals surface area contributed by atoms with Crippen molar-refractivity contribution in [3.8, 4) is 0 Å². The quantitative estimate of drug-likeness (QED) is 0.734. The second-order valence-corrected chi connectivity index (χ2v) is 5.76. The molecule has 0 aromatic heterocycles. The maximum Gasteiger partial charge on any atom is 0.224 e. The van der Waals surface area contributed by atoms with Gasteiger partial charge in [-0.25, -0.2) is 0 Å². The molecule has 3 N–H and O–H groups in total. The number of nitrogens with one attached hydrogen (secondary N) is 1. The van der Waals surface area contributed by atoms with E-state index in [1.807, 2.05) is 43.3 Å². The van der Waals surface area contributed by atoms with E-state index in [-0.39, 0.29) is 5.91 Å². The molecule has 1 aromatic rings. The Labute approximate surface area is 128 Å². The number of carbonyl (C=O) groups is 1. The third-order valence-corrected chi connectivity index (χ3v) is 3.70. The van der Waals surface area contributed by atoms with E-state index in [2.05, 4.69) is 12.2 Å². The first-order valence-corrected chi connectivity index (χ1v) is 7.84. The number of hydrogen-bond donors (Lipinski definition) is 2. The molecular weight excluding hydrogens is 262 g/mol. The Bertz CT molecular complexity index is 426. The van der Waals surface area contributed by atoms with E-state index in [0.717, 1.165) is 37.1 Å². The number of nitrogens with zero attached hydrogens (tertiary/aromatic N) is 1. The van der Waals surface area contributed by atoms with Gasteiger partial charge in [0.05, 0.1) is 0 Å². The van der Waals surface area contributed by atoms with Gasteiger partial charge in [-0.2, -0.15) is 0 Å². The lowest BCUT2D eigenvalue weighted by Crippen LogP contribution is -2.16. The van der Waals surface area contributed by atoms with Gasteiger partial charge in [0.25, 0.3) is 0 Å². The Balaban J connectivity index is 2.47. The fourth-order valence-electron chi connectivity index (χ4n) is 2.50. The molecule has 1 atom stereocenters. The van der Waals surface area contributed by atoms with Crippen molar-refractivity contribution in [1.82, 2.24) is 0 Å². The summed E-state index contributed by atoms with van der Waals surface area (Å²) >= 11 is 0. The number of rotatable bonds is 9. The monoisotopic (exact) mass is 291 g/mol. The average Bonchev–Trinajstić information content (AvgIpc) is 2.45. The highest BCUT2D eigenvalue weighted by Gasteiger charge is 2.10. The second kappa shape index (κ2) is 9.40. The van der Waals surface area contributed by atoms with Crippen LogP contribution >= 0.6 is 0 Å².